The van der Waals surface area contributed by atoms with Crippen LogP contribution >= 0.6 is 0 Å². The molecule has 2 rings (SSSR count). The molecule has 0 amide bonds. The molecule has 2 aromatic carbocycles. The Balaban J connectivity index is 1.92. The van der Waals surface area contributed by atoms with Gasteiger partial charge in [-0.2, -0.15) is 0 Å². The summed E-state index contributed by atoms with van der Waals surface area (Å²) < 4.78 is 15.9. The largest absolute Gasteiger partial charge is 0.495 e. The second-order valence-electron chi connectivity index (χ2n) is 4.75. The van der Waals surface area contributed by atoms with E-state index in [2.05, 4.69) is 12.1 Å². The second kappa shape index (κ2) is 7.55. The maximum Gasteiger partial charge on any atom is 0.141 e. The first-order chi connectivity index (χ1) is 10.2. The van der Waals surface area contributed by atoms with Crippen molar-refractivity contribution < 1.29 is 14.2 Å². The number of hydrogen-bond acceptors (Lipinski definition) is 4. The van der Waals surface area contributed by atoms with E-state index in [1.165, 1.54) is 5.56 Å². The standard InChI is InChI=1S/C17H21NO3/c1-19-10-9-13-3-6-15(7-4-13)21-12-14-5-8-17(20-2)16(18)11-14/h3-8,11H,9-10,12,18H2,1-2H3. The average Bonchev–Trinajstić information content (AvgIpc) is 2.52. The van der Waals surface area contributed by atoms with Crippen LogP contribution in [0.25, 0.3) is 0 Å². The summed E-state index contributed by atoms with van der Waals surface area (Å²) in [6.07, 6.45) is 0.909. The number of ether oxygens (including phenoxy) is 3. The van der Waals surface area contributed by atoms with Gasteiger partial charge in [-0.05, 0) is 41.8 Å². The van der Waals surface area contributed by atoms with Crippen molar-refractivity contribution in [1.82, 2.24) is 0 Å². The Morgan fingerprint density at radius 2 is 1.67 bits per heavy atom. The average molecular weight is 287 g/mol. The van der Waals surface area contributed by atoms with Crippen LogP contribution in [0.2, 0.25) is 0 Å². The summed E-state index contributed by atoms with van der Waals surface area (Å²) in [5, 5.41) is 0. The molecule has 4 nitrogen and oxygen atoms in total. The number of benzene rings is 2. The molecular formula is C17H21NO3. The van der Waals surface area contributed by atoms with Crippen LogP contribution in [-0.4, -0.2) is 20.8 Å². The van der Waals surface area contributed by atoms with Gasteiger partial charge in [-0.25, -0.2) is 0 Å². The molecule has 0 saturated heterocycles. The van der Waals surface area contributed by atoms with E-state index < -0.39 is 0 Å². The summed E-state index contributed by atoms with van der Waals surface area (Å²) in [4.78, 5) is 0. The molecule has 0 heterocycles. The summed E-state index contributed by atoms with van der Waals surface area (Å²) >= 11 is 0. The zero-order chi connectivity index (χ0) is 15.1. The highest BCUT2D eigenvalue weighted by Crippen LogP contribution is 2.23. The third-order valence-corrected chi connectivity index (χ3v) is 3.22. The van der Waals surface area contributed by atoms with E-state index >= 15 is 0 Å². The lowest BCUT2D eigenvalue weighted by molar-refractivity contribution is 0.202. The Hall–Kier alpha value is -2.20. The first-order valence-corrected chi connectivity index (χ1v) is 6.86. The lowest BCUT2D eigenvalue weighted by Crippen LogP contribution is -1.99. The normalized spacial score (nSPS) is 10.4. The van der Waals surface area contributed by atoms with Crippen LogP contribution in [0.5, 0.6) is 11.5 Å². The zero-order valence-electron chi connectivity index (χ0n) is 12.5. The molecule has 21 heavy (non-hydrogen) atoms. The minimum absolute atomic E-state index is 0.478. The van der Waals surface area contributed by atoms with Gasteiger partial charge in [0.05, 0.1) is 19.4 Å². The maximum atomic E-state index is 5.87. The van der Waals surface area contributed by atoms with Gasteiger partial charge >= 0.3 is 0 Å². The Labute approximate surface area is 125 Å². The summed E-state index contributed by atoms with van der Waals surface area (Å²) in [6.45, 7) is 1.21. The molecule has 0 aliphatic rings. The number of hydrogen-bond donors (Lipinski definition) is 1. The summed E-state index contributed by atoms with van der Waals surface area (Å²) in [5.74, 6) is 1.52. The van der Waals surface area contributed by atoms with Gasteiger partial charge < -0.3 is 19.9 Å². The molecule has 2 N–H and O–H groups in total. The van der Waals surface area contributed by atoms with E-state index in [1.807, 2.05) is 30.3 Å². The molecule has 0 radical (unpaired) electrons. The SMILES string of the molecule is COCCc1ccc(OCc2ccc(OC)c(N)c2)cc1. The fourth-order valence-electron chi connectivity index (χ4n) is 2.01. The second-order valence-corrected chi connectivity index (χ2v) is 4.75. The van der Waals surface area contributed by atoms with Gasteiger partial charge in [0.15, 0.2) is 0 Å². The lowest BCUT2D eigenvalue weighted by Gasteiger charge is -2.09. The molecule has 0 spiro atoms. The molecule has 112 valence electrons. The molecule has 0 aliphatic carbocycles. The van der Waals surface area contributed by atoms with E-state index in [-0.39, 0.29) is 0 Å². The van der Waals surface area contributed by atoms with E-state index in [1.54, 1.807) is 14.2 Å². The number of methoxy groups -OCH3 is 2. The molecule has 0 bridgehead atoms. The fraction of sp³-hybridized carbons (Fsp3) is 0.294. The third-order valence-electron chi connectivity index (χ3n) is 3.22. The highest BCUT2D eigenvalue weighted by molar-refractivity contribution is 5.54. The molecule has 4 heteroatoms. The van der Waals surface area contributed by atoms with Crippen molar-refractivity contribution in [3.63, 3.8) is 0 Å². The van der Waals surface area contributed by atoms with E-state index in [4.69, 9.17) is 19.9 Å². The van der Waals surface area contributed by atoms with Gasteiger partial charge in [0.25, 0.3) is 0 Å². The summed E-state index contributed by atoms with van der Waals surface area (Å²) in [5.41, 5.74) is 8.74. The van der Waals surface area contributed by atoms with Crippen molar-refractivity contribution in [2.45, 2.75) is 13.0 Å². The third kappa shape index (κ3) is 4.39. The van der Waals surface area contributed by atoms with Gasteiger partial charge in [0, 0.05) is 7.11 Å². The van der Waals surface area contributed by atoms with E-state index in [0.717, 1.165) is 24.3 Å². The highest BCUT2D eigenvalue weighted by Gasteiger charge is 2.02. The lowest BCUT2D eigenvalue weighted by atomic mass is 10.1. The summed E-state index contributed by atoms with van der Waals surface area (Å²) in [7, 11) is 3.31. The molecular weight excluding hydrogens is 266 g/mol. The topological polar surface area (TPSA) is 53.7 Å². The predicted octanol–water partition coefficient (Wildman–Crippen LogP) is 3.05. The van der Waals surface area contributed by atoms with Gasteiger partial charge in [0.2, 0.25) is 0 Å². The van der Waals surface area contributed by atoms with Crippen molar-refractivity contribution in [3.05, 3.63) is 53.6 Å². The number of nitrogens with two attached hydrogens (primary N) is 1. The first kappa shape index (κ1) is 15.2. The van der Waals surface area contributed by atoms with Crippen molar-refractivity contribution in [3.8, 4) is 11.5 Å². The van der Waals surface area contributed by atoms with Crippen LogP contribution in [0.3, 0.4) is 0 Å². The Morgan fingerprint density at radius 1 is 0.952 bits per heavy atom. The minimum Gasteiger partial charge on any atom is -0.495 e. The van der Waals surface area contributed by atoms with Crippen molar-refractivity contribution >= 4 is 5.69 Å². The molecule has 0 aromatic heterocycles. The molecule has 0 saturated carbocycles. The predicted molar refractivity (Wildman–Crippen MR) is 83.8 cm³/mol. The van der Waals surface area contributed by atoms with Crippen molar-refractivity contribution in [2.24, 2.45) is 0 Å². The van der Waals surface area contributed by atoms with Crippen molar-refractivity contribution in [2.75, 3.05) is 26.6 Å². The van der Waals surface area contributed by atoms with Crippen LogP contribution in [0, 0.1) is 0 Å². The Morgan fingerprint density at radius 3 is 2.29 bits per heavy atom. The maximum absolute atomic E-state index is 5.87. The van der Waals surface area contributed by atoms with Gasteiger partial charge in [-0.15, -0.1) is 0 Å². The van der Waals surface area contributed by atoms with Crippen LogP contribution < -0.4 is 15.2 Å². The molecule has 0 aliphatic heterocycles. The Bertz CT molecular complexity index is 567. The van der Waals surface area contributed by atoms with Crippen LogP contribution in [0.4, 0.5) is 5.69 Å². The van der Waals surface area contributed by atoms with Crippen LogP contribution in [-0.2, 0) is 17.8 Å². The number of rotatable bonds is 7. The zero-order valence-corrected chi connectivity index (χ0v) is 12.5. The van der Waals surface area contributed by atoms with E-state index in [9.17, 15) is 0 Å². The summed E-state index contributed by atoms with van der Waals surface area (Å²) in [6, 6.07) is 13.7. The van der Waals surface area contributed by atoms with Gasteiger partial charge in [0.1, 0.15) is 18.1 Å². The smallest absolute Gasteiger partial charge is 0.141 e. The Kier molecular flexibility index (Phi) is 5.46. The first-order valence-electron chi connectivity index (χ1n) is 6.86. The molecule has 0 atom stereocenters. The van der Waals surface area contributed by atoms with E-state index in [0.29, 0.717) is 18.0 Å². The fourth-order valence-corrected chi connectivity index (χ4v) is 2.01. The van der Waals surface area contributed by atoms with Crippen molar-refractivity contribution in [1.29, 1.82) is 0 Å². The minimum atomic E-state index is 0.478. The molecule has 0 unspecified atom stereocenters. The van der Waals surface area contributed by atoms with Gasteiger partial charge in [-0.3, -0.25) is 0 Å². The van der Waals surface area contributed by atoms with Crippen LogP contribution in [0.1, 0.15) is 11.1 Å². The molecule has 2 aromatic rings. The number of nitrogen functional groups attached to an aromatic ring is 1. The number of anilines is 1. The quantitative estimate of drug-likeness (QED) is 0.795. The van der Waals surface area contributed by atoms with Crippen LogP contribution in [0.15, 0.2) is 42.5 Å². The highest BCUT2D eigenvalue weighted by atomic mass is 16.5. The van der Waals surface area contributed by atoms with Gasteiger partial charge in [-0.1, -0.05) is 18.2 Å². The monoisotopic (exact) mass is 287 g/mol. The molecule has 0 fully saturated rings.